The third-order valence-electron chi connectivity index (χ3n) is 5.00. The molecule has 174 valence electrons. The number of rotatable bonds is 6. The number of aromatic nitrogens is 3. The quantitative estimate of drug-likeness (QED) is 0.287. The van der Waals surface area contributed by atoms with Gasteiger partial charge in [0.25, 0.3) is 11.8 Å². The molecule has 0 radical (unpaired) electrons. The second-order valence-electron chi connectivity index (χ2n) is 7.43. The Morgan fingerprint density at radius 1 is 0.743 bits per heavy atom. The Morgan fingerprint density at radius 3 is 2.17 bits per heavy atom. The molecule has 8 nitrogen and oxygen atoms in total. The maximum absolute atomic E-state index is 12.7. The third kappa shape index (κ3) is 5.63. The summed E-state index contributed by atoms with van der Waals surface area (Å²) in [7, 11) is 0. The molecule has 5 rings (SSSR count). The molecule has 9 heteroatoms. The van der Waals surface area contributed by atoms with Crippen molar-refractivity contribution in [1.29, 1.82) is 0 Å². The van der Waals surface area contributed by atoms with Crippen molar-refractivity contribution in [2.75, 3.05) is 10.6 Å². The number of carbonyl (C=O) groups excluding carboxylic acids is 2. The lowest BCUT2D eigenvalue weighted by molar-refractivity contribution is 0.102. The highest BCUT2D eigenvalue weighted by atomic mass is 35.5. The van der Waals surface area contributed by atoms with Gasteiger partial charge in [0.1, 0.15) is 11.4 Å². The Labute approximate surface area is 206 Å². The first kappa shape index (κ1) is 23.5. The maximum Gasteiger partial charge on any atom is 0.255 e. The Balaban J connectivity index is 0.00000289. The van der Waals surface area contributed by atoms with Gasteiger partial charge in [0.2, 0.25) is 5.88 Å². The Hall–Kier alpha value is -4.69. The molecule has 35 heavy (non-hydrogen) atoms. The Morgan fingerprint density at radius 2 is 1.46 bits per heavy atom. The molecule has 3 heterocycles. The molecule has 0 spiro atoms. The van der Waals surface area contributed by atoms with Gasteiger partial charge in [-0.2, -0.15) is 0 Å². The summed E-state index contributed by atoms with van der Waals surface area (Å²) in [5, 5.41) is 6.48. The minimum absolute atomic E-state index is 0. The molecule has 0 aliphatic heterocycles. The Bertz CT molecular complexity index is 1470. The summed E-state index contributed by atoms with van der Waals surface area (Å²) in [6.07, 6.45) is 4.87. The molecule has 3 N–H and O–H groups in total. The largest absolute Gasteiger partial charge is 0.439 e. The van der Waals surface area contributed by atoms with Crippen LogP contribution in [0.15, 0.2) is 97.5 Å². The van der Waals surface area contributed by atoms with Gasteiger partial charge >= 0.3 is 0 Å². The third-order valence-corrected chi connectivity index (χ3v) is 5.00. The number of nitrogens with one attached hydrogen (secondary N) is 3. The zero-order chi connectivity index (χ0) is 23.3. The molecule has 5 aromatic rings. The van der Waals surface area contributed by atoms with Gasteiger partial charge in [0.15, 0.2) is 0 Å². The zero-order valence-electron chi connectivity index (χ0n) is 18.3. The number of ether oxygens (including phenoxy) is 1. The molecule has 0 aliphatic rings. The highest BCUT2D eigenvalue weighted by Crippen LogP contribution is 2.20. The van der Waals surface area contributed by atoms with Crippen LogP contribution in [-0.2, 0) is 0 Å². The fourth-order valence-electron chi connectivity index (χ4n) is 3.34. The fraction of sp³-hybridized carbons (Fsp3) is 0. The average Bonchev–Trinajstić information content (AvgIpc) is 3.34. The number of H-pyrrole nitrogens is 1. The maximum atomic E-state index is 12.7. The summed E-state index contributed by atoms with van der Waals surface area (Å²) < 4.78 is 5.66. The van der Waals surface area contributed by atoms with Crippen molar-refractivity contribution in [3.05, 3.63) is 109 Å². The minimum atomic E-state index is -0.358. The topological polar surface area (TPSA) is 109 Å². The predicted octanol–water partition coefficient (Wildman–Crippen LogP) is 5.68. The number of carbonyl (C=O) groups is 2. The summed E-state index contributed by atoms with van der Waals surface area (Å²) >= 11 is 0. The first-order chi connectivity index (χ1) is 16.6. The number of fused-ring (bicyclic) bond motifs is 1. The van der Waals surface area contributed by atoms with Crippen LogP contribution in [0.2, 0.25) is 0 Å². The van der Waals surface area contributed by atoms with Crippen LogP contribution in [0.3, 0.4) is 0 Å². The fourth-order valence-corrected chi connectivity index (χ4v) is 3.34. The van der Waals surface area contributed by atoms with Crippen molar-refractivity contribution >= 4 is 46.6 Å². The number of amides is 2. The van der Waals surface area contributed by atoms with E-state index in [1.165, 1.54) is 12.3 Å². The molecule has 0 atom stereocenters. The molecule has 0 saturated carbocycles. The van der Waals surface area contributed by atoms with Crippen LogP contribution in [0.1, 0.15) is 20.7 Å². The second-order valence-corrected chi connectivity index (χ2v) is 7.43. The predicted molar refractivity (Wildman–Crippen MR) is 136 cm³/mol. The van der Waals surface area contributed by atoms with E-state index in [4.69, 9.17) is 4.74 Å². The molecule has 3 aromatic heterocycles. The number of aromatic amines is 1. The summed E-state index contributed by atoms with van der Waals surface area (Å²) in [6, 6.07) is 22.8. The van der Waals surface area contributed by atoms with Crippen molar-refractivity contribution < 1.29 is 14.3 Å². The number of nitrogens with zero attached hydrogens (tertiary/aromatic N) is 2. The van der Waals surface area contributed by atoms with E-state index >= 15 is 0 Å². The van der Waals surface area contributed by atoms with Crippen molar-refractivity contribution in [3.8, 4) is 11.6 Å². The molecule has 2 amide bonds. The van der Waals surface area contributed by atoms with Gasteiger partial charge < -0.3 is 20.4 Å². The van der Waals surface area contributed by atoms with E-state index in [0.29, 0.717) is 34.1 Å². The van der Waals surface area contributed by atoms with Gasteiger partial charge in [0.05, 0.1) is 23.8 Å². The molecule has 0 fully saturated rings. The standard InChI is InChI=1S/C26H19N5O3.ClH/c32-25(30-20-9-10-23(28-15-20)34-22-7-2-1-3-8-22)18-5-4-6-19(13-18)26(33)31-21-14-17-11-12-27-24(17)29-16-21;/h1-16H,(H,27,29)(H,30,32)(H,31,33);1H. The van der Waals surface area contributed by atoms with E-state index in [-0.39, 0.29) is 24.2 Å². The molecule has 0 bridgehead atoms. The molecule has 0 aliphatic carbocycles. The van der Waals surface area contributed by atoms with Gasteiger partial charge in [-0.25, -0.2) is 9.97 Å². The van der Waals surface area contributed by atoms with Crippen molar-refractivity contribution in [2.24, 2.45) is 0 Å². The first-order valence-electron chi connectivity index (χ1n) is 10.5. The smallest absolute Gasteiger partial charge is 0.255 e. The lowest BCUT2D eigenvalue weighted by Gasteiger charge is -2.09. The van der Waals surface area contributed by atoms with E-state index in [1.54, 1.807) is 42.7 Å². The van der Waals surface area contributed by atoms with Crippen LogP contribution >= 0.6 is 12.4 Å². The van der Waals surface area contributed by atoms with Gasteiger partial charge in [-0.05, 0) is 48.5 Å². The summed E-state index contributed by atoms with van der Waals surface area (Å²) in [6.45, 7) is 0. The van der Waals surface area contributed by atoms with Crippen LogP contribution in [0.4, 0.5) is 11.4 Å². The number of anilines is 2. The number of para-hydroxylation sites is 1. The summed E-state index contributed by atoms with van der Waals surface area (Å²) in [5.41, 5.74) is 2.51. The van der Waals surface area contributed by atoms with Gasteiger partial charge in [-0.1, -0.05) is 24.3 Å². The van der Waals surface area contributed by atoms with E-state index in [1.807, 2.05) is 42.5 Å². The zero-order valence-corrected chi connectivity index (χ0v) is 19.1. The SMILES string of the molecule is Cl.O=C(Nc1ccc(Oc2ccccc2)nc1)c1cccc(C(=O)Nc2cnc3[nH]ccc3c2)c1. The highest BCUT2D eigenvalue weighted by molar-refractivity contribution is 6.09. The second kappa shape index (κ2) is 10.5. The molecule has 2 aromatic carbocycles. The van der Waals surface area contributed by atoms with Crippen LogP contribution in [0.25, 0.3) is 11.0 Å². The normalized spacial score (nSPS) is 10.3. The minimum Gasteiger partial charge on any atom is -0.439 e. The number of hydrogen-bond acceptors (Lipinski definition) is 5. The van der Waals surface area contributed by atoms with E-state index < -0.39 is 0 Å². The van der Waals surface area contributed by atoms with Crippen LogP contribution in [0.5, 0.6) is 11.6 Å². The lowest BCUT2D eigenvalue weighted by atomic mass is 10.1. The molecular formula is C26H20ClN5O3. The van der Waals surface area contributed by atoms with Crippen LogP contribution in [0, 0.1) is 0 Å². The summed E-state index contributed by atoms with van der Waals surface area (Å²) in [4.78, 5) is 36.9. The lowest BCUT2D eigenvalue weighted by Crippen LogP contribution is -2.15. The van der Waals surface area contributed by atoms with Crippen molar-refractivity contribution in [2.45, 2.75) is 0 Å². The van der Waals surface area contributed by atoms with Crippen LogP contribution < -0.4 is 15.4 Å². The number of hydrogen-bond donors (Lipinski definition) is 3. The number of halogens is 1. The monoisotopic (exact) mass is 485 g/mol. The van der Waals surface area contributed by atoms with E-state index in [2.05, 4.69) is 25.6 Å². The van der Waals surface area contributed by atoms with E-state index in [0.717, 1.165) is 11.0 Å². The highest BCUT2D eigenvalue weighted by Gasteiger charge is 2.12. The molecular weight excluding hydrogens is 466 g/mol. The van der Waals surface area contributed by atoms with Crippen molar-refractivity contribution in [1.82, 2.24) is 15.0 Å². The first-order valence-corrected chi connectivity index (χ1v) is 10.5. The van der Waals surface area contributed by atoms with Gasteiger partial charge in [0, 0.05) is 28.8 Å². The summed E-state index contributed by atoms with van der Waals surface area (Å²) in [5.74, 6) is 0.389. The average molecular weight is 486 g/mol. The van der Waals surface area contributed by atoms with E-state index in [9.17, 15) is 9.59 Å². The molecule has 0 saturated heterocycles. The Kier molecular flexibility index (Phi) is 7.04. The van der Waals surface area contributed by atoms with Gasteiger partial charge in [-0.15, -0.1) is 12.4 Å². The number of pyridine rings is 2. The van der Waals surface area contributed by atoms with Gasteiger partial charge in [-0.3, -0.25) is 9.59 Å². The van der Waals surface area contributed by atoms with Crippen LogP contribution in [-0.4, -0.2) is 26.8 Å². The molecule has 0 unspecified atom stereocenters. The number of benzene rings is 2. The van der Waals surface area contributed by atoms with Crippen molar-refractivity contribution in [3.63, 3.8) is 0 Å².